The zero-order valence-corrected chi connectivity index (χ0v) is 15.7. The van der Waals surface area contributed by atoms with Gasteiger partial charge in [-0.15, -0.1) is 0 Å². The van der Waals surface area contributed by atoms with Gasteiger partial charge >= 0.3 is 5.97 Å². The van der Waals surface area contributed by atoms with Crippen LogP contribution in [0.5, 0.6) is 0 Å². The zero-order chi connectivity index (χ0) is 17.7. The summed E-state index contributed by atoms with van der Waals surface area (Å²) in [7, 11) is 0. The van der Waals surface area contributed by atoms with Crippen molar-refractivity contribution < 1.29 is 14.3 Å². The van der Waals surface area contributed by atoms with E-state index in [1.807, 2.05) is 0 Å². The Bertz CT molecular complexity index is 771. The normalized spacial score (nSPS) is 11.7. The highest BCUT2D eigenvalue weighted by Gasteiger charge is 2.15. The highest BCUT2D eigenvalue weighted by atomic mass is 79.9. The van der Waals surface area contributed by atoms with Gasteiger partial charge in [-0.05, 0) is 46.6 Å². The first-order valence-electron chi connectivity index (χ1n) is 6.89. The number of aromatic nitrogens is 1. The Balaban J connectivity index is 1.90. The molecule has 0 radical (unpaired) electrons. The zero-order valence-electron chi connectivity index (χ0n) is 12.6. The summed E-state index contributed by atoms with van der Waals surface area (Å²) in [4.78, 5) is 27.6. The summed E-state index contributed by atoms with van der Waals surface area (Å²) < 4.78 is 5.61. The van der Waals surface area contributed by atoms with Crippen molar-refractivity contribution in [1.82, 2.24) is 10.3 Å². The van der Waals surface area contributed by atoms with E-state index in [-0.39, 0.29) is 11.6 Å². The molecule has 0 saturated heterocycles. The Kier molecular flexibility index (Phi) is 6.60. The van der Waals surface area contributed by atoms with Crippen LogP contribution in [-0.2, 0) is 9.53 Å². The maximum Gasteiger partial charge on any atom is 0.340 e. The van der Waals surface area contributed by atoms with Crippen molar-refractivity contribution in [2.75, 3.05) is 6.61 Å². The summed E-state index contributed by atoms with van der Waals surface area (Å²) >= 11 is 15.2. The second-order valence-corrected chi connectivity index (χ2v) is 6.68. The highest BCUT2D eigenvalue weighted by molar-refractivity contribution is 9.10. The number of carbonyl (C=O) groups is 2. The number of hydrogen-bond acceptors (Lipinski definition) is 4. The second-order valence-electron chi connectivity index (χ2n) is 4.92. The fourth-order valence-electron chi connectivity index (χ4n) is 1.95. The van der Waals surface area contributed by atoms with E-state index >= 15 is 0 Å². The molecule has 1 aromatic heterocycles. The quantitative estimate of drug-likeness (QED) is 0.720. The summed E-state index contributed by atoms with van der Waals surface area (Å²) in [6.45, 7) is 1.37. The number of amides is 1. The van der Waals surface area contributed by atoms with Gasteiger partial charge in [0, 0.05) is 26.9 Å². The van der Waals surface area contributed by atoms with E-state index in [9.17, 15) is 9.59 Å². The molecule has 0 unspecified atom stereocenters. The van der Waals surface area contributed by atoms with Gasteiger partial charge in [0.1, 0.15) is 0 Å². The summed E-state index contributed by atoms with van der Waals surface area (Å²) in [6, 6.07) is 6.22. The lowest BCUT2D eigenvalue weighted by atomic mass is 10.1. The van der Waals surface area contributed by atoms with Crippen molar-refractivity contribution in [2.24, 2.45) is 0 Å². The van der Waals surface area contributed by atoms with Crippen LogP contribution in [0.25, 0.3) is 0 Å². The van der Waals surface area contributed by atoms with Crippen molar-refractivity contribution >= 4 is 51.0 Å². The Morgan fingerprint density at radius 3 is 2.71 bits per heavy atom. The Morgan fingerprint density at radius 2 is 2.04 bits per heavy atom. The number of nitrogens with zero attached hydrogens (tertiary/aromatic N) is 1. The molecule has 8 heteroatoms. The first-order valence-corrected chi connectivity index (χ1v) is 8.43. The molecular weight excluding hydrogens is 419 g/mol. The summed E-state index contributed by atoms with van der Waals surface area (Å²) in [5, 5.41) is 3.67. The summed E-state index contributed by atoms with van der Waals surface area (Å²) in [5.41, 5.74) is 0.975. The van der Waals surface area contributed by atoms with E-state index in [4.69, 9.17) is 27.9 Å². The molecule has 126 valence electrons. The van der Waals surface area contributed by atoms with Crippen LogP contribution >= 0.6 is 39.1 Å². The van der Waals surface area contributed by atoms with E-state index < -0.39 is 18.5 Å². The summed E-state index contributed by atoms with van der Waals surface area (Å²) in [5.74, 6) is -1.07. The van der Waals surface area contributed by atoms with Crippen molar-refractivity contribution in [3.63, 3.8) is 0 Å². The van der Waals surface area contributed by atoms with Crippen LogP contribution in [-0.4, -0.2) is 23.5 Å². The molecule has 5 nitrogen and oxygen atoms in total. The number of benzene rings is 1. The highest BCUT2D eigenvalue weighted by Crippen LogP contribution is 2.26. The number of ether oxygens (including phenoxy) is 1. The first-order chi connectivity index (χ1) is 11.4. The number of nitrogens with one attached hydrogen (secondary N) is 1. The Labute approximate surface area is 157 Å². The molecule has 0 aliphatic heterocycles. The molecule has 2 rings (SSSR count). The van der Waals surface area contributed by atoms with Gasteiger partial charge in [-0.3, -0.25) is 9.78 Å². The fraction of sp³-hybridized carbons (Fsp3) is 0.188. The average molecular weight is 432 g/mol. The minimum Gasteiger partial charge on any atom is -0.452 e. The van der Waals surface area contributed by atoms with Crippen LogP contribution in [0.3, 0.4) is 0 Å². The Hall–Kier alpha value is -1.63. The first kappa shape index (κ1) is 18.7. The summed E-state index contributed by atoms with van der Waals surface area (Å²) in [6.07, 6.45) is 2.90. The number of pyridine rings is 1. The lowest BCUT2D eigenvalue weighted by Gasteiger charge is -2.16. The monoisotopic (exact) mass is 430 g/mol. The smallest absolute Gasteiger partial charge is 0.340 e. The van der Waals surface area contributed by atoms with Gasteiger partial charge in [-0.25, -0.2) is 4.79 Å². The van der Waals surface area contributed by atoms with E-state index in [0.717, 1.165) is 5.56 Å². The maximum absolute atomic E-state index is 11.9. The Morgan fingerprint density at radius 1 is 1.29 bits per heavy atom. The largest absolute Gasteiger partial charge is 0.452 e. The van der Waals surface area contributed by atoms with Crippen molar-refractivity contribution in [3.8, 4) is 0 Å². The van der Waals surface area contributed by atoms with Gasteiger partial charge in [0.25, 0.3) is 5.91 Å². The number of hydrogen-bond donors (Lipinski definition) is 1. The predicted octanol–water partition coefficient (Wildman–Crippen LogP) is 4.19. The molecular formula is C16H13BrCl2N2O3. The molecule has 2 aromatic rings. The molecule has 1 heterocycles. The van der Waals surface area contributed by atoms with Crippen LogP contribution in [0, 0.1) is 0 Å². The molecule has 0 bridgehead atoms. The molecule has 0 aliphatic carbocycles. The lowest BCUT2D eigenvalue weighted by Crippen LogP contribution is -2.31. The molecule has 1 amide bonds. The van der Waals surface area contributed by atoms with Crippen LogP contribution in [0.15, 0.2) is 41.1 Å². The lowest BCUT2D eigenvalue weighted by molar-refractivity contribution is -0.124. The predicted molar refractivity (Wildman–Crippen MR) is 95.2 cm³/mol. The minimum absolute atomic E-state index is 0.256. The number of esters is 1. The van der Waals surface area contributed by atoms with E-state index in [1.54, 1.807) is 37.4 Å². The molecule has 0 spiro atoms. The third-order valence-electron chi connectivity index (χ3n) is 3.08. The maximum atomic E-state index is 11.9. The molecule has 1 aromatic carbocycles. The van der Waals surface area contributed by atoms with Gasteiger partial charge in [0.05, 0.1) is 11.6 Å². The van der Waals surface area contributed by atoms with Crippen LogP contribution in [0.2, 0.25) is 10.0 Å². The molecule has 0 saturated carbocycles. The van der Waals surface area contributed by atoms with E-state index in [2.05, 4.69) is 26.2 Å². The van der Waals surface area contributed by atoms with Gasteiger partial charge in [-0.1, -0.05) is 29.3 Å². The SMILES string of the molecule is C[C@H](NC(=O)COC(=O)c1cncc(Br)c1)c1ccc(Cl)cc1Cl. The second kappa shape index (κ2) is 8.46. The fourth-order valence-corrected chi connectivity index (χ4v) is 2.89. The van der Waals surface area contributed by atoms with Gasteiger partial charge in [0.2, 0.25) is 0 Å². The van der Waals surface area contributed by atoms with E-state index in [0.29, 0.717) is 14.5 Å². The van der Waals surface area contributed by atoms with Crippen LogP contribution in [0.4, 0.5) is 0 Å². The van der Waals surface area contributed by atoms with Crippen molar-refractivity contribution in [3.05, 3.63) is 62.3 Å². The molecule has 0 fully saturated rings. The van der Waals surface area contributed by atoms with Crippen molar-refractivity contribution in [2.45, 2.75) is 13.0 Å². The van der Waals surface area contributed by atoms with Crippen molar-refractivity contribution in [1.29, 1.82) is 0 Å². The average Bonchev–Trinajstić information content (AvgIpc) is 2.52. The van der Waals surface area contributed by atoms with Gasteiger partial charge in [0.15, 0.2) is 6.61 Å². The van der Waals surface area contributed by atoms with Gasteiger partial charge in [-0.2, -0.15) is 0 Å². The molecule has 1 atom stereocenters. The number of halogens is 3. The minimum atomic E-state index is -0.629. The molecule has 24 heavy (non-hydrogen) atoms. The van der Waals surface area contributed by atoms with Gasteiger partial charge < -0.3 is 10.1 Å². The van der Waals surface area contributed by atoms with Crippen LogP contribution in [0.1, 0.15) is 28.9 Å². The topological polar surface area (TPSA) is 68.3 Å². The molecule has 0 aliphatic rings. The standard InChI is InChI=1S/C16H13BrCl2N2O3/c1-9(13-3-2-12(18)5-14(13)19)21-15(22)8-24-16(23)10-4-11(17)7-20-6-10/h2-7,9H,8H2,1H3,(H,21,22)/t9-/m0/s1. The molecule has 1 N–H and O–H groups in total. The van der Waals surface area contributed by atoms with Crippen LogP contribution < -0.4 is 5.32 Å². The number of rotatable bonds is 5. The third kappa shape index (κ3) is 5.19. The third-order valence-corrected chi connectivity index (χ3v) is 4.08. The number of carbonyl (C=O) groups excluding carboxylic acids is 2. The van der Waals surface area contributed by atoms with E-state index in [1.165, 1.54) is 6.20 Å².